The molecule has 0 spiro atoms. The minimum absolute atomic E-state index is 0.0161. The maximum Gasteiger partial charge on any atom is 0.305 e. The number of aryl methyl sites for hydroxylation is 1. The van der Waals surface area contributed by atoms with Crippen LogP contribution in [0.2, 0.25) is 0 Å². The Morgan fingerprint density at radius 3 is 2.94 bits per heavy atom. The van der Waals surface area contributed by atoms with Crippen molar-refractivity contribution in [1.82, 2.24) is 4.98 Å². The van der Waals surface area contributed by atoms with Gasteiger partial charge in [-0.05, 0) is 24.0 Å². The van der Waals surface area contributed by atoms with Gasteiger partial charge in [0.2, 0.25) is 0 Å². The second kappa shape index (κ2) is 5.93. The molecule has 1 aromatic heterocycles. The lowest BCUT2D eigenvalue weighted by atomic mass is 10.2. The first-order chi connectivity index (χ1) is 7.72. The van der Waals surface area contributed by atoms with Crippen molar-refractivity contribution in [1.29, 1.82) is 5.26 Å². The van der Waals surface area contributed by atoms with Gasteiger partial charge in [-0.2, -0.15) is 5.26 Å². The zero-order valence-corrected chi connectivity index (χ0v) is 9.12. The number of aliphatic hydroxyl groups is 1. The maximum atomic E-state index is 11.0. The number of esters is 1. The van der Waals surface area contributed by atoms with Crippen LogP contribution >= 0.6 is 0 Å². The molecular weight excluding hydrogens is 209 g/mol. The lowest BCUT2D eigenvalue weighted by molar-refractivity contribution is -0.140. The van der Waals surface area contributed by atoms with Crippen LogP contribution in [0.4, 0.5) is 0 Å². The smallest absolute Gasteiger partial charge is 0.305 e. The molecule has 0 atom stereocenters. The highest BCUT2D eigenvalue weighted by atomic mass is 16.5. The number of H-pyrrole nitrogens is 1. The topological polar surface area (TPSA) is 86.1 Å². The number of carbonyl (C=O) groups is 1. The Balaban J connectivity index is 2.76. The van der Waals surface area contributed by atoms with Crippen LogP contribution < -0.4 is 0 Å². The lowest BCUT2D eigenvalue weighted by Crippen LogP contribution is -2.03. The van der Waals surface area contributed by atoms with Gasteiger partial charge in [-0.25, -0.2) is 0 Å². The fraction of sp³-hybridized carbons (Fsp3) is 0.455. The highest BCUT2D eigenvalue weighted by molar-refractivity contribution is 5.69. The SMILES string of the molecule is COC(=O)CC[13c]1c[nH]c(C#N)c1CCO. The summed E-state index contributed by atoms with van der Waals surface area (Å²) in [6, 6.07) is 2.02. The summed E-state index contributed by atoms with van der Waals surface area (Å²) < 4.78 is 4.54. The lowest BCUT2D eigenvalue weighted by Gasteiger charge is -2.02. The molecule has 0 aliphatic rings. The highest BCUT2D eigenvalue weighted by Gasteiger charge is 2.11. The summed E-state index contributed by atoms with van der Waals surface area (Å²) in [7, 11) is 1.34. The van der Waals surface area contributed by atoms with Gasteiger partial charge in [-0.1, -0.05) is 0 Å². The summed E-state index contributed by atoms with van der Waals surface area (Å²) in [6.07, 6.45) is 2.91. The minimum Gasteiger partial charge on any atom is -0.469 e. The van der Waals surface area contributed by atoms with E-state index < -0.39 is 0 Å². The molecule has 2 N–H and O–H groups in total. The molecule has 1 aromatic rings. The van der Waals surface area contributed by atoms with Crippen molar-refractivity contribution in [3.63, 3.8) is 0 Å². The zero-order chi connectivity index (χ0) is 12.0. The van der Waals surface area contributed by atoms with Crippen LogP contribution in [0.25, 0.3) is 0 Å². The summed E-state index contributed by atoms with van der Waals surface area (Å²) in [4.78, 5) is 13.8. The number of ether oxygens (including phenoxy) is 1. The molecule has 16 heavy (non-hydrogen) atoms. The number of hydrogen-bond acceptors (Lipinski definition) is 4. The molecule has 0 bridgehead atoms. The molecule has 0 saturated heterocycles. The van der Waals surface area contributed by atoms with Crippen molar-refractivity contribution in [2.75, 3.05) is 13.7 Å². The standard InChI is InChI=1S/C11H14N2O3/c1-16-11(15)3-2-8-7-13-10(6-12)9(8)4-5-14/h7,13-14H,2-5H2,1H3/i8+1. The van der Waals surface area contributed by atoms with Crippen molar-refractivity contribution in [3.05, 3.63) is 23.0 Å². The van der Waals surface area contributed by atoms with Gasteiger partial charge in [0, 0.05) is 19.2 Å². The summed E-state index contributed by atoms with van der Waals surface area (Å²) in [5.74, 6) is -0.283. The number of hydrogen-bond donors (Lipinski definition) is 2. The van der Waals surface area contributed by atoms with E-state index in [0.717, 1.165) is 11.1 Å². The molecule has 86 valence electrons. The molecule has 1 rings (SSSR count). The van der Waals surface area contributed by atoms with E-state index in [1.54, 1.807) is 6.20 Å². The Labute approximate surface area is 93.7 Å². The maximum absolute atomic E-state index is 11.0. The van der Waals surface area contributed by atoms with Gasteiger partial charge >= 0.3 is 5.97 Å². The highest BCUT2D eigenvalue weighted by Crippen LogP contribution is 2.16. The van der Waals surface area contributed by atoms with Gasteiger partial charge in [-0.3, -0.25) is 4.79 Å². The predicted octanol–water partition coefficient (Wildman–Crippen LogP) is 0.527. The Morgan fingerprint density at radius 1 is 1.62 bits per heavy atom. The van der Waals surface area contributed by atoms with Crippen molar-refractivity contribution < 1.29 is 14.6 Å². The van der Waals surface area contributed by atoms with Crippen LogP contribution in [0.1, 0.15) is 23.2 Å². The van der Waals surface area contributed by atoms with E-state index in [0.29, 0.717) is 18.5 Å². The molecule has 1 heterocycles. The third-order valence-electron chi connectivity index (χ3n) is 2.38. The number of nitrogens with zero attached hydrogens (tertiary/aromatic N) is 1. The molecule has 0 unspecified atom stereocenters. The van der Waals surface area contributed by atoms with Crippen LogP contribution in [0, 0.1) is 11.3 Å². The van der Waals surface area contributed by atoms with Crippen molar-refractivity contribution in [2.45, 2.75) is 19.3 Å². The Bertz CT molecular complexity index is 404. The molecule has 5 heteroatoms. The molecular formula is C11H14N2O3. The van der Waals surface area contributed by atoms with E-state index in [4.69, 9.17) is 10.4 Å². The first kappa shape index (κ1) is 12.3. The van der Waals surface area contributed by atoms with E-state index in [2.05, 4.69) is 9.72 Å². The zero-order valence-electron chi connectivity index (χ0n) is 9.12. The van der Waals surface area contributed by atoms with E-state index >= 15 is 0 Å². The van der Waals surface area contributed by atoms with Gasteiger partial charge in [0.25, 0.3) is 0 Å². The van der Waals surface area contributed by atoms with E-state index in [9.17, 15) is 4.79 Å². The van der Waals surface area contributed by atoms with Crippen LogP contribution in [0.15, 0.2) is 6.20 Å². The van der Waals surface area contributed by atoms with Gasteiger partial charge in [0.15, 0.2) is 0 Å². The average molecular weight is 223 g/mol. The fourth-order valence-electron chi connectivity index (χ4n) is 1.55. The van der Waals surface area contributed by atoms with Gasteiger partial charge < -0.3 is 14.8 Å². The number of nitriles is 1. The van der Waals surface area contributed by atoms with Crippen molar-refractivity contribution >= 4 is 5.97 Å². The average Bonchev–Trinajstić information content (AvgIpc) is 2.69. The summed E-state index contributed by atoms with van der Waals surface area (Å²) >= 11 is 0. The number of aromatic nitrogens is 1. The van der Waals surface area contributed by atoms with E-state index in [-0.39, 0.29) is 19.0 Å². The largest absolute Gasteiger partial charge is 0.469 e. The number of nitrogens with one attached hydrogen (secondary N) is 1. The molecule has 0 amide bonds. The fourth-order valence-corrected chi connectivity index (χ4v) is 1.55. The third-order valence-corrected chi connectivity index (χ3v) is 2.38. The Hall–Kier alpha value is -1.80. The van der Waals surface area contributed by atoms with Crippen LogP contribution in [0.5, 0.6) is 0 Å². The Morgan fingerprint density at radius 2 is 2.38 bits per heavy atom. The minimum atomic E-state index is -0.283. The first-order valence-corrected chi connectivity index (χ1v) is 4.99. The molecule has 0 fully saturated rings. The summed E-state index contributed by atoms with van der Waals surface area (Å²) in [6.45, 7) is -0.0161. The Kier molecular flexibility index (Phi) is 4.55. The number of methoxy groups -OCH3 is 1. The van der Waals surface area contributed by atoms with Gasteiger partial charge in [0.1, 0.15) is 11.8 Å². The van der Waals surface area contributed by atoms with Crippen molar-refractivity contribution in [3.8, 4) is 6.07 Å². The summed E-state index contributed by atoms with van der Waals surface area (Å²) in [5.41, 5.74) is 2.12. The number of aromatic amines is 1. The third kappa shape index (κ3) is 2.84. The van der Waals surface area contributed by atoms with Crippen molar-refractivity contribution in [2.24, 2.45) is 0 Å². The molecule has 0 aliphatic heterocycles. The monoisotopic (exact) mass is 223 g/mol. The first-order valence-electron chi connectivity index (χ1n) is 4.99. The normalized spacial score (nSPS) is 9.81. The van der Waals surface area contributed by atoms with Crippen LogP contribution in [0.3, 0.4) is 0 Å². The summed E-state index contributed by atoms with van der Waals surface area (Å²) in [5, 5.41) is 17.7. The van der Waals surface area contributed by atoms with E-state index in [1.165, 1.54) is 7.11 Å². The van der Waals surface area contributed by atoms with E-state index in [1.807, 2.05) is 6.07 Å². The molecule has 0 saturated carbocycles. The molecule has 5 nitrogen and oxygen atoms in total. The van der Waals surface area contributed by atoms with Gasteiger partial charge in [0.05, 0.1) is 7.11 Å². The number of aliphatic hydroxyl groups excluding tert-OH is 1. The van der Waals surface area contributed by atoms with Crippen LogP contribution in [-0.2, 0) is 22.4 Å². The molecule has 0 radical (unpaired) electrons. The van der Waals surface area contributed by atoms with Crippen LogP contribution in [-0.4, -0.2) is 29.8 Å². The number of carbonyl (C=O) groups excluding carboxylic acids is 1. The van der Waals surface area contributed by atoms with Gasteiger partial charge in [-0.15, -0.1) is 0 Å². The number of rotatable bonds is 5. The molecule has 0 aliphatic carbocycles. The predicted molar refractivity (Wildman–Crippen MR) is 56.6 cm³/mol. The quantitative estimate of drug-likeness (QED) is 0.713. The molecule has 0 aromatic carbocycles. The second-order valence-electron chi connectivity index (χ2n) is 3.33. The second-order valence-corrected chi connectivity index (χ2v) is 3.33.